The zero-order chi connectivity index (χ0) is 14.4. The maximum atomic E-state index is 11.0. The van der Waals surface area contributed by atoms with Gasteiger partial charge in [-0.2, -0.15) is 0 Å². The van der Waals surface area contributed by atoms with Crippen LogP contribution >= 0.6 is 11.3 Å². The first-order valence-corrected chi connectivity index (χ1v) is 7.87. The van der Waals surface area contributed by atoms with Gasteiger partial charge in [0.1, 0.15) is 5.01 Å². The van der Waals surface area contributed by atoms with Gasteiger partial charge in [0.05, 0.1) is 11.3 Å². The van der Waals surface area contributed by atoms with Crippen LogP contribution in [0.5, 0.6) is 0 Å². The Morgan fingerprint density at radius 3 is 2.90 bits per heavy atom. The number of aromatic nitrogens is 1. The molecule has 0 aliphatic heterocycles. The van der Waals surface area contributed by atoms with Crippen LogP contribution in [0, 0.1) is 0 Å². The lowest BCUT2D eigenvalue weighted by atomic mass is 10.1. The van der Waals surface area contributed by atoms with Crippen molar-refractivity contribution < 1.29 is 9.90 Å². The fraction of sp³-hybridized carbons (Fsp3) is 0.375. The SMILES string of the molecule is CCCCCCc1csc(-c2cccc(C(=O)O)c2)n1. The number of nitrogens with zero attached hydrogens (tertiary/aromatic N) is 1. The third-order valence-electron chi connectivity index (χ3n) is 3.19. The average Bonchev–Trinajstić information content (AvgIpc) is 2.92. The van der Waals surface area contributed by atoms with Crippen molar-refractivity contribution in [3.05, 3.63) is 40.9 Å². The second-order valence-corrected chi connectivity index (χ2v) is 5.70. The molecule has 1 aromatic carbocycles. The highest BCUT2D eigenvalue weighted by atomic mass is 32.1. The number of unbranched alkanes of at least 4 members (excludes halogenated alkanes) is 3. The fourth-order valence-electron chi connectivity index (χ4n) is 2.07. The summed E-state index contributed by atoms with van der Waals surface area (Å²) in [5.74, 6) is -0.900. The number of benzene rings is 1. The lowest BCUT2D eigenvalue weighted by Gasteiger charge is -1.99. The summed E-state index contributed by atoms with van der Waals surface area (Å²) in [5.41, 5.74) is 2.30. The minimum Gasteiger partial charge on any atom is -0.478 e. The summed E-state index contributed by atoms with van der Waals surface area (Å²) < 4.78 is 0. The predicted molar refractivity (Wildman–Crippen MR) is 82.4 cm³/mol. The zero-order valence-electron chi connectivity index (χ0n) is 11.6. The van der Waals surface area contributed by atoms with E-state index < -0.39 is 5.97 Å². The van der Waals surface area contributed by atoms with Gasteiger partial charge in [0, 0.05) is 10.9 Å². The molecule has 2 rings (SSSR count). The third-order valence-corrected chi connectivity index (χ3v) is 4.13. The summed E-state index contributed by atoms with van der Waals surface area (Å²) in [7, 11) is 0. The molecule has 0 unspecified atom stereocenters. The highest BCUT2D eigenvalue weighted by Crippen LogP contribution is 2.25. The van der Waals surface area contributed by atoms with Crippen LogP contribution in [-0.2, 0) is 6.42 Å². The van der Waals surface area contributed by atoms with Crippen molar-refractivity contribution in [1.82, 2.24) is 4.98 Å². The maximum Gasteiger partial charge on any atom is 0.335 e. The number of carboxylic acid groups (broad SMARTS) is 1. The van der Waals surface area contributed by atoms with E-state index in [-0.39, 0.29) is 0 Å². The standard InChI is InChI=1S/C16H19NO2S/c1-2-3-4-5-9-14-11-20-15(17-14)12-7-6-8-13(10-12)16(18)19/h6-8,10-11H,2-5,9H2,1H3,(H,18,19). The number of carboxylic acids is 1. The highest BCUT2D eigenvalue weighted by molar-refractivity contribution is 7.13. The molecule has 3 nitrogen and oxygen atoms in total. The first-order valence-electron chi connectivity index (χ1n) is 6.99. The van der Waals surface area contributed by atoms with Crippen molar-refractivity contribution in [2.24, 2.45) is 0 Å². The molecule has 0 aliphatic carbocycles. The second kappa shape index (κ2) is 7.20. The molecule has 0 amide bonds. The van der Waals surface area contributed by atoms with Crippen LogP contribution in [0.25, 0.3) is 10.6 Å². The van der Waals surface area contributed by atoms with Gasteiger partial charge < -0.3 is 5.11 Å². The van der Waals surface area contributed by atoms with Gasteiger partial charge in [0.25, 0.3) is 0 Å². The Labute approximate surface area is 123 Å². The molecule has 1 heterocycles. The summed E-state index contributed by atoms with van der Waals surface area (Å²) in [6.45, 7) is 2.20. The van der Waals surface area contributed by atoms with E-state index in [1.807, 2.05) is 6.07 Å². The van der Waals surface area contributed by atoms with E-state index in [4.69, 9.17) is 5.11 Å². The van der Waals surface area contributed by atoms with E-state index >= 15 is 0 Å². The number of aryl methyl sites for hydroxylation is 1. The smallest absolute Gasteiger partial charge is 0.335 e. The molecule has 2 aromatic rings. The van der Waals surface area contributed by atoms with E-state index in [0.29, 0.717) is 5.56 Å². The van der Waals surface area contributed by atoms with Gasteiger partial charge >= 0.3 is 5.97 Å². The van der Waals surface area contributed by atoms with Crippen LogP contribution in [0.2, 0.25) is 0 Å². The van der Waals surface area contributed by atoms with E-state index in [1.54, 1.807) is 29.5 Å². The predicted octanol–water partition coefficient (Wildman–Crippen LogP) is 4.63. The van der Waals surface area contributed by atoms with Crippen LogP contribution in [0.15, 0.2) is 29.6 Å². The van der Waals surface area contributed by atoms with Crippen molar-refractivity contribution in [3.63, 3.8) is 0 Å². The Balaban J connectivity index is 2.04. The number of aromatic carboxylic acids is 1. The van der Waals surface area contributed by atoms with Crippen LogP contribution in [0.3, 0.4) is 0 Å². The number of rotatable bonds is 7. The van der Waals surface area contributed by atoms with Crippen molar-refractivity contribution in [1.29, 1.82) is 0 Å². The molecule has 0 saturated carbocycles. The van der Waals surface area contributed by atoms with Gasteiger partial charge in [-0.1, -0.05) is 38.3 Å². The van der Waals surface area contributed by atoms with Crippen molar-refractivity contribution in [3.8, 4) is 10.6 Å². The van der Waals surface area contributed by atoms with Gasteiger partial charge in [-0.3, -0.25) is 0 Å². The number of hydrogen-bond acceptors (Lipinski definition) is 3. The normalized spacial score (nSPS) is 10.7. The number of thiazole rings is 1. The van der Waals surface area contributed by atoms with Gasteiger partial charge in [-0.15, -0.1) is 11.3 Å². The molecule has 1 aromatic heterocycles. The van der Waals surface area contributed by atoms with Gasteiger partial charge in [0.2, 0.25) is 0 Å². The van der Waals surface area contributed by atoms with Gasteiger partial charge in [-0.05, 0) is 25.0 Å². The van der Waals surface area contributed by atoms with E-state index in [2.05, 4.69) is 17.3 Å². The summed E-state index contributed by atoms with van der Waals surface area (Å²) in [5, 5.41) is 12.0. The molecule has 1 N–H and O–H groups in total. The van der Waals surface area contributed by atoms with Crippen LogP contribution in [0.1, 0.15) is 48.7 Å². The summed E-state index contributed by atoms with van der Waals surface area (Å²) in [4.78, 5) is 15.6. The van der Waals surface area contributed by atoms with Crippen LogP contribution < -0.4 is 0 Å². The van der Waals surface area contributed by atoms with Crippen LogP contribution in [0.4, 0.5) is 0 Å². The Hall–Kier alpha value is -1.68. The molecule has 0 spiro atoms. The van der Waals surface area contributed by atoms with E-state index in [9.17, 15) is 4.79 Å². The van der Waals surface area contributed by atoms with Gasteiger partial charge in [0.15, 0.2) is 0 Å². The lowest BCUT2D eigenvalue weighted by Crippen LogP contribution is -1.95. The molecule has 0 atom stereocenters. The van der Waals surface area contributed by atoms with Crippen molar-refractivity contribution >= 4 is 17.3 Å². The molecule has 106 valence electrons. The Morgan fingerprint density at radius 1 is 1.30 bits per heavy atom. The Morgan fingerprint density at radius 2 is 2.15 bits per heavy atom. The lowest BCUT2D eigenvalue weighted by molar-refractivity contribution is 0.0697. The quantitative estimate of drug-likeness (QED) is 0.756. The van der Waals surface area contributed by atoms with Crippen LogP contribution in [-0.4, -0.2) is 16.1 Å². The molecule has 0 radical (unpaired) electrons. The Kier molecular flexibility index (Phi) is 5.30. The molecule has 0 fully saturated rings. The minimum absolute atomic E-state index is 0.308. The highest BCUT2D eigenvalue weighted by Gasteiger charge is 2.08. The summed E-state index contributed by atoms with van der Waals surface area (Å²) in [6.07, 6.45) is 5.95. The average molecular weight is 289 g/mol. The molecule has 0 aliphatic rings. The first kappa shape index (κ1) is 14.7. The fourth-order valence-corrected chi connectivity index (χ4v) is 2.92. The molecule has 20 heavy (non-hydrogen) atoms. The second-order valence-electron chi connectivity index (χ2n) is 4.84. The molecular weight excluding hydrogens is 270 g/mol. The minimum atomic E-state index is -0.900. The molecule has 0 bridgehead atoms. The van der Waals surface area contributed by atoms with E-state index in [0.717, 1.165) is 22.7 Å². The summed E-state index contributed by atoms with van der Waals surface area (Å²) >= 11 is 1.58. The topological polar surface area (TPSA) is 50.2 Å². The number of hydrogen-bond donors (Lipinski definition) is 1. The summed E-state index contributed by atoms with van der Waals surface area (Å²) in [6, 6.07) is 6.96. The Bertz CT molecular complexity index is 577. The first-order chi connectivity index (χ1) is 9.70. The molecule has 0 saturated heterocycles. The largest absolute Gasteiger partial charge is 0.478 e. The molecular formula is C16H19NO2S. The monoisotopic (exact) mass is 289 g/mol. The van der Waals surface area contributed by atoms with E-state index in [1.165, 1.54) is 25.7 Å². The van der Waals surface area contributed by atoms with Crippen molar-refractivity contribution in [2.45, 2.75) is 39.0 Å². The van der Waals surface area contributed by atoms with Gasteiger partial charge in [-0.25, -0.2) is 9.78 Å². The third kappa shape index (κ3) is 3.90. The zero-order valence-corrected chi connectivity index (χ0v) is 12.4. The maximum absolute atomic E-state index is 11.0. The van der Waals surface area contributed by atoms with Crippen molar-refractivity contribution in [2.75, 3.05) is 0 Å². The number of carbonyl (C=O) groups is 1. The molecule has 4 heteroatoms.